The highest BCUT2D eigenvalue weighted by atomic mass is 32.2. The average molecular weight is 284 g/mol. The van der Waals surface area contributed by atoms with Crippen LogP contribution in [0.15, 0.2) is 0 Å². The van der Waals surface area contributed by atoms with Crippen LogP contribution in [0, 0.1) is 5.92 Å². The van der Waals surface area contributed by atoms with Crippen molar-refractivity contribution in [3.8, 4) is 0 Å². The zero-order valence-corrected chi connectivity index (χ0v) is 11.7. The molecule has 0 aromatic heterocycles. The van der Waals surface area contributed by atoms with Crippen LogP contribution in [-0.4, -0.2) is 48.9 Å². The molecule has 1 aliphatic heterocycles. The van der Waals surface area contributed by atoms with Gasteiger partial charge >= 0.3 is 5.51 Å². The molecule has 0 amide bonds. The Morgan fingerprint density at radius 2 is 2.11 bits per heavy atom. The van der Waals surface area contributed by atoms with Crippen molar-refractivity contribution in [2.24, 2.45) is 5.92 Å². The topological polar surface area (TPSA) is 15.3 Å². The van der Waals surface area contributed by atoms with Gasteiger partial charge in [-0.2, -0.15) is 13.2 Å². The van der Waals surface area contributed by atoms with Crippen molar-refractivity contribution in [3.05, 3.63) is 0 Å². The Hall–Kier alpha value is 0.0600. The van der Waals surface area contributed by atoms with Gasteiger partial charge in [-0.3, -0.25) is 0 Å². The van der Waals surface area contributed by atoms with E-state index in [0.29, 0.717) is 12.5 Å². The third-order valence-corrected chi connectivity index (χ3v) is 3.84. The minimum atomic E-state index is -4.09. The number of hydrogen-bond donors (Lipinski definition) is 1. The summed E-state index contributed by atoms with van der Waals surface area (Å²) in [5, 5.41) is 3.35. The van der Waals surface area contributed by atoms with Crippen LogP contribution in [0.1, 0.15) is 26.2 Å². The van der Waals surface area contributed by atoms with Gasteiger partial charge in [-0.05, 0) is 56.6 Å². The van der Waals surface area contributed by atoms with Crippen molar-refractivity contribution < 1.29 is 13.2 Å². The second kappa shape index (κ2) is 8.27. The normalized spacial score (nSPS) is 21.5. The zero-order chi connectivity index (χ0) is 13.4. The van der Waals surface area contributed by atoms with Gasteiger partial charge in [-0.25, -0.2) is 0 Å². The Kier molecular flexibility index (Phi) is 7.41. The van der Waals surface area contributed by atoms with E-state index in [0.717, 1.165) is 32.6 Å². The van der Waals surface area contributed by atoms with Crippen LogP contribution in [0.2, 0.25) is 0 Å². The van der Waals surface area contributed by atoms with Crippen LogP contribution in [0.5, 0.6) is 0 Å². The van der Waals surface area contributed by atoms with Gasteiger partial charge in [-0.1, -0.05) is 6.92 Å². The van der Waals surface area contributed by atoms with Crippen LogP contribution in [-0.2, 0) is 0 Å². The molecule has 2 nitrogen and oxygen atoms in total. The summed E-state index contributed by atoms with van der Waals surface area (Å²) in [7, 11) is 0. The van der Waals surface area contributed by atoms with E-state index in [9.17, 15) is 13.2 Å². The molecule has 108 valence electrons. The molecule has 0 radical (unpaired) electrons. The molecule has 0 bridgehead atoms. The number of alkyl halides is 3. The minimum absolute atomic E-state index is 0.0925. The molecule has 1 rings (SSSR count). The quantitative estimate of drug-likeness (QED) is 0.774. The summed E-state index contributed by atoms with van der Waals surface area (Å²) in [4.78, 5) is 2.18. The van der Waals surface area contributed by atoms with Gasteiger partial charge in [0.2, 0.25) is 0 Å². The van der Waals surface area contributed by atoms with E-state index in [2.05, 4.69) is 17.1 Å². The molecule has 1 N–H and O–H groups in total. The lowest BCUT2D eigenvalue weighted by Gasteiger charge is -2.30. The molecule has 1 fully saturated rings. The van der Waals surface area contributed by atoms with Crippen molar-refractivity contribution in [2.75, 3.05) is 38.5 Å². The molecule has 1 saturated heterocycles. The van der Waals surface area contributed by atoms with Crippen LogP contribution < -0.4 is 5.32 Å². The molecule has 18 heavy (non-hydrogen) atoms. The van der Waals surface area contributed by atoms with Gasteiger partial charge < -0.3 is 10.2 Å². The third kappa shape index (κ3) is 7.48. The Morgan fingerprint density at radius 1 is 1.33 bits per heavy atom. The van der Waals surface area contributed by atoms with Crippen molar-refractivity contribution in [2.45, 2.75) is 31.7 Å². The first-order chi connectivity index (χ1) is 8.51. The highest BCUT2D eigenvalue weighted by Crippen LogP contribution is 2.29. The molecule has 0 aromatic rings. The molecule has 1 aliphatic rings. The highest BCUT2D eigenvalue weighted by Gasteiger charge is 2.28. The number of halogens is 3. The van der Waals surface area contributed by atoms with Crippen molar-refractivity contribution >= 4 is 11.8 Å². The highest BCUT2D eigenvalue weighted by molar-refractivity contribution is 8.00. The molecule has 6 heteroatoms. The Bertz CT molecular complexity index is 218. The summed E-state index contributed by atoms with van der Waals surface area (Å²) >= 11 is 0.0925. The molecule has 0 spiro atoms. The summed E-state index contributed by atoms with van der Waals surface area (Å²) in [5.41, 5.74) is -4.09. The van der Waals surface area contributed by atoms with E-state index in [1.807, 2.05) is 0 Å². The van der Waals surface area contributed by atoms with Crippen LogP contribution in [0.4, 0.5) is 13.2 Å². The van der Waals surface area contributed by atoms with E-state index >= 15 is 0 Å². The minimum Gasteiger partial charge on any atom is -0.316 e. The fourth-order valence-corrected chi connectivity index (χ4v) is 2.93. The van der Waals surface area contributed by atoms with Crippen molar-refractivity contribution in [1.29, 1.82) is 0 Å². The lowest BCUT2D eigenvalue weighted by Crippen LogP contribution is -2.39. The smallest absolute Gasteiger partial charge is 0.316 e. The number of hydrogen-bond acceptors (Lipinski definition) is 3. The fraction of sp³-hybridized carbons (Fsp3) is 1.00. The average Bonchev–Trinajstić information content (AvgIpc) is 2.29. The standard InChI is InChI=1S/C12H23F3N2S/c1-2-6-17(7-8-18-12(13,14)15)10-11-4-3-5-16-9-11/h11,16H,2-10H2,1H3. The van der Waals surface area contributed by atoms with E-state index in [-0.39, 0.29) is 17.5 Å². The second-order valence-electron chi connectivity index (χ2n) is 4.81. The molecule has 1 unspecified atom stereocenters. The fourth-order valence-electron chi connectivity index (χ4n) is 2.35. The Morgan fingerprint density at radius 3 is 2.67 bits per heavy atom. The number of thioether (sulfide) groups is 1. The van der Waals surface area contributed by atoms with Gasteiger partial charge in [0.15, 0.2) is 0 Å². The molecule has 1 atom stereocenters. The maximum absolute atomic E-state index is 12.1. The molecular formula is C12H23F3N2S. The molecule has 0 saturated carbocycles. The van der Waals surface area contributed by atoms with Crippen molar-refractivity contribution in [1.82, 2.24) is 10.2 Å². The van der Waals surface area contributed by atoms with Gasteiger partial charge in [0.25, 0.3) is 0 Å². The van der Waals surface area contributed by atoms with E-state index in [1.165, 1.54) is 12.8 Å². The first kappa shape index (κ1) is 16.1. The number of nitrogens with one attached hydrogen (secondary N) is 1. The van der Waals surface area contributed by atoms with Gasteiger partial charge in [0.1, 0.15) is 0 Å². The Labute approximate surface area is 112 Å². The third-order valence-electron chi connectivity index (χ3n) is 3.13. The molecule has 0 aliphatic carbocycles. The zero-order valence-electron chi connectivity index (χ0n) is 10.9. The largest absolute Gasteiger partial charge is 0.441 e. The maximum Gasteiger partial charge on any atom is 0.441 e. The number of nitrogens with zero attached hydrogens (tertiary/aromatic N) is 1. The summed E-state index contributed by atoms with van der Waals surface area (Å²) in [6.07, 6.45) is 3.37. The van der Waals surface area contributed by atoms with E-state index in [4.69, 9.17) is 0 Å². The molecule has 1 heterocycles. The maximum atomic E-state index is 12.1. The van der Waals surface area contributed by atoms with Crippen molar-refractivity contribution in [3.63, 3.8) is 0 Å². The first-order valence-corrected chi connectivity index (χ1v) is 7.63. The van der Waals surface area contributed by atoms with Crippen LogP contribution >= 0.6 is 11.8 Å². The first-order valence-electron chi connectivity index (χ1n) is 6.65. The van der Waals surface area contributed by atoms with E-state index < -0.39 is 5.51 Å². The van der Waals surface area contributed by atoms with Crippen LogP contribution in [0.25, 0.3) is 0 Å². The predicted octanol–water partition coefficient (Wildman–Crippen LogP) is 2.95. The summed E-state index contributed by atoms with van der Waals surface area (Å²) in [6, 6.07) is 0. The molecular weight excluding hydrogens is 261 g/mol. The van der Waals surface area contributed by atoms with Crippen LogP contribution in [0.3, 0.4) is 0 Å². The number of rotatable bonds is 7. The van der Waals surface area contributed by atoms with Gasteiger partial charge in [-0.15, -0.1) is 0 Å². The van der Waals surface area contributed by atoms with E-state index in [1.54, 1.807) is 0 Å². The summed E-state index contributed by atoms with van der Waals surface area (Å²) < 4.78 is 36.3. The second-order valence-corrected chi connectivity index (χ2v) is 5.97. The lowest BCUT2D eigenvalue weighted by molar-refractivity contribution is -0.0328. The molecule has 0 aromatic carbocycles. The Balaban J connectivity index is 2.25. The monoisotopic (exact) mass is 284 g/mol. The van der Waals surface area contributed by atoms with Gasteiger partial charge in [0.05, 0.1) is 0 Å². The number of piperidine rings is 1. The van der Waals surface area contributed by atoms with Gasteiger partial charge in [0, 0.05) is 18.8 Å². The predicted molar refractivity (Wildman–Crippen MR) is 70.8 cm³/mol. The summed E-state index contributed by atoms with van der Waals surface area (Å²) in [5.74, 6) is 0.741. The lowest BCUT2D eigenvalue weighted by atomic mass is 9.99. The summed E-state index contributed by atoms with van der Waals surface area (Å²) in [6.45, 7) is 6.52. The SMILES string of the molecule is CCCN(CCSC(F)(F)F)CC1CCCNC1.